The van der Waals surface area contributed by atoms with Gasteiger partial charge in [-0.2, -0.15) is 0 Å². The van der Waals surface area contributed by atoms with Crippen LogP contribution in [-0.2, 0) is 12.5 Å². The summed E-state index contributed by atoms with van der Waals surface area (Å²) >= 11 is -0.286. The van der Waals surface area contributed by atoms with Crippen LogP contribution in [0.3, 0.4) is 0 Å². The zero-order chi connectivity index (χ0) is 8.32. The predicted octanol–water partition coefficient (Wildman–Crippen LogP) is -1.86. The van der Waals surface area contributed by atoms with Gasteiger partial charge in [0.1, 0.15) is 0 Å². The molecule has 1 heterocycles. The van der Waals surface area contributed by atoms with Crippen LogP contribution >= 0.6 is 0 Å². The number of hydrogen-bond acceptors (Lipinski definition) is 3. The van der Waals surface area contributed by atoms with Crippen LogP contribution in [0, 0.1) is 0 Å². The Morgan fingerprint density at radius 3 is 2.82 bits per heavy atom. The van der Waals surface area contributed by atoms with Crippen molar-refractivity contribution < 1.29 is 34.2 Å². The van der Waals surface area contributed by atoms with E-state index in [0.29, 0.717) is 6.61 Å². The summed E-state index contributed by atoms with van der Waals surface area (Å²) in [5.74, 6) is -0.387. The van der Waals surface area contributed by atoms with E-state index in [1.807, 2.05) is 20.8 Å². The van der Waals surface area contributed by atoms with Crippen LogP contribution in [0.15, 0.2) is 0 Å². The van der Waals surface area contributed by atoms with Gasteiger partial charge >= 0.3 is 78.0 Å². The molecule has 0 N–H and O–H groups in total. The summed E-state index contributed by atoms with van der Waals surface area (Å²) < 4.78 is 16.5. The van der Waals surface area contributed by atoms with Crippen molar-refractivity contribution in [3.8, 4) is 0 Å². The molecule has 3 nitrogen and oxygen atoms in total. The molecule has 0 aromatic heterocycles. The van der Waals surface area contributed by atoms with Crippen molar-refractivity contribution in [3.05, 3.63) is 0 Å². The van der Waals surface area contributed by atoms with Gasteiger partial charge in [-0.25, -0.2) is 0 Å². The Kier molecular flexibility index (Phi) is 3.54. The Hall–Kier alpha value is 0.610. The van der Waals surface area contributed by atoms with Gasteiger partial charge in [-0.3, -0.25) is 0 Å². The third-order valence-electron chi connectivity index (χ3n) is 1.25. The zero-order valence-corrected chi connectivity index (χ0v) is 9.25. The van der Waals surface area contributed by atoms with E-state index < -0.39 is 0 Å². The molecule has 1 aliphatic rings. The molecular weight excluding hydrogens is 259 g/mol. The average molecular weight is 273 g/mol. The zero-order valence-electron chi connectivity index (χ0n) is 7.09. The van der Waals surface area contributed by atoms with Crippen molar-refractivity contribution in [3.63, 3.8) is 0 Å². The molecule has 0 amide bonds. The normalized spacial score (nSPS) is 29.5. The van der Waals surface area contributed by atoms with E-state index in [-0.39, 0.29) is 31.5 Å². The first-order valence-electron chi connectivity index (χ1n) is 3.71. The van der Waals surface area contributed by atoms with Crippen LogP contribution in [-0.4, -0.2) is 23.1 Å². The summed E-state index contributed by atoms with van der Waals surface area (Å²) in [6.45, 7) is 7.35. The number of hydrogen-bond donors (Lipinski definition) is 0. The average Bonchev–Trinajstić information content (AvgIpc) is 2.26. The van der Waals surface area contributed by atoms with Gasteiger partial charge in [0.05, 0.1) is 0 Å². The van der Waals surface area contributed by atoms with E-state index in [1.165, 1.54) is 0 Å². The molecule has 1 atom stereocenters. The molecule has 1 aliphatic heterocycles. The van der Waals surface area contributed by atoms with E-state index >= 15 is 0 Å². The van der Waals surface area contributed by atoms with Crippen molar-refractivity contribution in [1.82, 2.24) is 0 Å². The maximum absolute atomic E-state index is 5.55. The number of ether oxygens (including phenoxy) is 2. The molecule has 0 radical (unpaired) electrons. The summed E-state index contributed by atoms with van der Waals surface area (Å²) in [6.07, 6.45) is 0. The van der Waals surface area contributed by atoms with Crippen molar-refractivity contribution in [2.75, 3.05) is 13.2 Å². The molecule has 0 unspecified atom stereocenters. The van der Waals surface area contributed by atoms with Crippen LogP contribution in [0.2, 0.25) is 0 Å². The molecular formula is C7H14IO3-. The first-order valence-corrected chi connectivity index (χ1v) is 5.84. The molecule has 0 saturated carbocycles. The van der Waals surface area contributed by atoms with E-state index in [4.69, 9.17) is 12.5 Å². The summed E-state index contributed by atoms with van der Waals surface area (Å²) in [7, 11) is 0. The minimum absolute atomic E-state index is 0.226. The quantitative estimate of drug-likeness (QED) is 0.446. The Bertz CT molecular complexity index is 127. The standard InChI is InChI=1S/C7H14IO3/c1-4-10-8-6-5-9-7(2,3)11-6/h6H,4-5H2,1-3H3/q-1/t6-/m1/s1. The third-order valence-corrected chi connectivity index (χ3v) is 3.41. The second-order valence-electron chi connectivity index (χ2n) is 2.73. The van der Waals surface area contributed by atoms with Crippen molar-refractivity contribution in [1.29, 1.82) is 0 Å². The van der Waals surface area contributed by atoms with Crippen LogP contribution in [0.25, 0.3) is 0 Å². The Labute approximate surface area is 78.2 Å². The molecule has 0 aromatic carbocycles. The van der Waals surface area contributed by atoms with Gasteiger partial charge < -0.3 is 0 Å². The SMILES string of the molecule is CCO[I-][C@H]1COC(C)(C)O1. The molecule has 4 heteroatoms. The first kappa shape index (κ1) is 9.70. The fourth-order valence-corrected chi connectivity index (χ4v) is 2.62. The number of alkyl halides is 1. The Morgan fingerprint density at radius 1 is 1.64 bits per heavy atom. The van der Waals surface area contributed by atoms with Crippen LogP contribution in [0.4, 0.5) is 0 Å². The molecule has 1 saturated heterocycles. The van der Waals surface area contributed by atoms with E-state index in [1.54, 1.807) is 0 Å². The summed E-state index contributed by atoms with van der Waals surface area (Å²) in [6, 6.07) is 0. The maximum atomic E-state index is 5.55. The van der Waals surface area contributed by atoms with Crippen LogP contribution < -0.4 is 21.6 Å². The van der Waals surface area contributed by atoms with Crippen molar-refractivity contribution in [2.24, 2.45) is 0 Å². The second kappa shape index (κ2) is 4.02. The van der Waals surface area contributed by atoms with Gasteiger partial charge in [-0.1, -0.05) is 0 Å². The number of halogens is 1. The molecule has 0 aliphatic carbocycles. The third kappa shape index (κ3) is 3.23. The van der Waals surface area contributed by atoms with Crippen molar-refractivity contribution in [2.45, 2.75) is 30.7 Å². The summed E-state index contributed by atoms with van der Waals surface area (Å²) in [5.41, 5.74) is 0. The second-order valence-corrected chi connectivity index (χ2v) is 5.25. The van der Waals surface area contributed by atoms with Crippen LogP contribution in [0.1, 0.15) is 20.8 Å². The molecule has 1 fully saturated rings. The fourth-order valence-electron chi connectivity index (χ4n) is 0.819. The van der Waals surface area contributed by atoms with E-state index in [0.717, 1.165) is 6.61 Å². The van der Waals surface area contributed by atoms with Gasteiger partial charge in [0, 0.05) is 0 Å². The summed E-state index contributed by atoms with van der Waals surface area (Å²) in [4.78, 5) is 0. The van der Waals surface area contributed by atoms with E-state index in [9.17, 15) is 0 Å². The Morgan fingerprint density at radius 2 is 2.36 bits per heavy atom. The topological polar surface area (TPSA) is 27.7 Å². The van der Waals surface area contributed by atoms with Gasteiger partial charge in [0.2, 0.25) is 0 Å². The van der Waals surface area contributed by atoms with Crippen molar-refractivity contribution >= 4 is 0 Å². The summed E-state index contributed by atoms with van der Waals surface area (Å²) in [5, 5.41) is 0. The Balaban J connectivity index is 2.20. The number of rotatable bonds is 3. The monoisotopic (exact) mass is 273 g/mol. The van der Waals surface area contributed by atoms with Gasteiger partial charge in [0.15, 0.2) is 0 Å². The van der Waals surface area contributed by atoms with Crippen LogP contribution in [0.5, 0.6) is 0 Å². The predicted molar refractivity (Wildman–Crippen MR) is 36.5 cm³/mol. The molecule has 0 spiro atoms. The fraction of sp³-hybridized carbons (Fsp3) is 1.00. The molecule has 0 aromatic rings. The molecule has 11 heavy (non-hydrogen) atoms. The first-order chi connectivity index (χ1) is 5.14. The molecule has 1 rings (SSSR count). The van der Waals surface area contributed by atoms with E-state index in [2.05, 4.69) is 0 Å². The van der Waals surface area contributed by atoms with Gasteiger partial charge in [0.25, 0.3) is 0 Å². The van der Waals surface area contributed by atoms with Gasteiger partial charge in [-0.05, 0) is 0 Å². The minimum atomic E-state index is -0.387. The molecule has 0 bridgehead atoms. The van der Waals surface area contributed by atoms with Gasteiger partial charge in [-0.15, -0.1) is 0 Å². The molecule has 68 valence electrons.